The summed E-state index contributed by atoms with van der Waals surface area (Å²) in [6.45, 7) is 5.42. The highest BCUT2D eigenvalue weighted by Gasteiger charge is 2.20. The number of hydrogen-bond donors (Lipinski definition) is 1. The van der Waals surface area contributed by atoms with Crippen LogP contribution >= 0.6 is 15.9 Å². The maximum absolute atomic E-state index is 6.40. The van der Waals surface area contributed by atoms with E-state index in [1.165, 1.54) is 0 Å². The van der Waals surface area contributed by atoms with Gasteiger partial charge in [0.25, 0.3) is 0 Å². The number of benzene rings is 1. The van der Waals surface area contributed by atoms with E-state index in [2.05, 4.69) is 21.0 Å². The predicted octanol–water partition coefficient (Wildman–Crippen LogP) is 3.11. The maximum Gasteiger partial charge on any atom is 0.124 e. The number of rotatable bonds is 5. The lowest BCUT2D eigenvalue weighted by atomic mass is 10.0. The molecule has 0 aliphatic carbocycles. The molecule has 4 nitrogen and oxygen atoms in total. The molecule has 1 aromatic carbocycles. The lowest BCUT2D eigenvalue weighted by molar-refractivity contribution is 0.335. The Labute approximate surface area is 121 Å². The van der Waals surface area contributed by atoms with Gasteiger partial charge in [0, 0.05) is 12.1 Å². The van der Waals surface area contributed by atoms with Gasteiger partial charge in [0.1, 0.15) is 5.75 Å². The molecule has 2 aromatic rings. The highest BCUT2D eigenvalue weighted by Crippen LogP contribution is 2.32. The normalized spacial score (nSPS) is 12.4. The van der Waals surface area contributed by atoms with E-state index in [4.69, 9.17) is 10.5 Å². The molecule has 0 aliphatic rings. The van der Waals surface area contributed by atoms with Gasteiger partial charge in [-0.25, -0.2) is 0 Å². The molecule has 0 aliphatic heterocycles. The third-order valence-corrected chi connectivity index (χ3v) is 3.59. The van der Waals surface area contributed by atoms with Crippen molar-refractivity contribution in [3.05, 3.63) is 46.2 Å². The standard InChI is InChI=1S/C14H18BrN3O/c1-3-18-14(11(15)9-17-18)13(16)10-7-5-6-8-12(10)19-4-2/h5-9,13H,3-4,16H2,1-2H3. The lowest BCUT2D eigenvalue weighted by Crippen LogP contribution is -2.18. The van der Waals surface area contributed by atoms with Gasteiger partial charge in [-0.2, -0.15) is 5.10 Å². The quantitative estimate of drug-likeness (QED) is 0.919. The highest BCUT2D eigenvalue weighted by atomic mass is 79.9. The summed E-state index contributed by atoms with van der Waals surface area (Å²) in [7, 11) is 0. The zero-order chi connectivity index (χ0) is 13.8. The Morgan fingerprint density at radius 1 is 1.37 bits per heavy atom. The van der Waals surface area contributed by atoms with Gasteiger partial charge in [-0.1, -0.05) is 18.2 Å². The van der Waals surface area contributed by atoms with E-state index < -0.39 is 0 Å². The highest BCUT2D eigenvalue weighted by molar-refractivity contribution is 9.10. The number of ether oxygens (including phenoxy) is 1. The number of halogens is 1. The summed E-state index contributed by atoms with van der Waals surface area (Å²) < 4.78 is 8.47. The van der Waals surface area contributed by atoms with Gasteiger partial charge in [-0.05, 0) is 35.8 Å². The third-order valence-electron chi connectivity index (χ3n) is 2.98. The minimum atomic E-state index is -0.264. The number of para-hydroxylation sites is 1. The predicted molar refractivity (Wildman–Crippen MR) is 79.2 cm³/mol. The molecule has 5 heteroatoms. The van der Waals surface area contributed by atoms with E-state index in [1.807, 2.05) is 42.8 Å². The van der Waals surface area contributed by atoms with E-state index >= 15 is 0 Å². The van der Waals surface area contributed by atoms with Crippen molar-refractivity contribution in [2.45, 2.75) is 26.4 Å². The van der Waals surface area contributed by atoms with Gasteiger partial charge in [0.05, 0.1) is 29.0 Å². The first-order valence-electron chi connectivity index (χ1n) is 6.37. The van der Waals surface area contributed by atoms with Gasteiger partial charge in [0.15, 0.2) is 0 Å². The van der Waals surface area contributed by atoms with Crippen LogP contribution in [-0.2, 0) is 6.54 Å². The van der Waals surface area contributed by atoms with Crippen LogP contribution in [0.15, 0.2) is 34.9 Å². The molecular formula is C14H18BrN3O. The Kier molecular flexibility index (Phi) is 4.61. The molecule has 1 atom stereocenters. The summed E-state index contributed by atoms with van der Waals surface area (Å²) in [6.07, 6.45) is 1.78. The molecule has 0 saturated carbocycles. The van der Waals surface area contributed by atoms with Gasteiger partial charge in [-0.15, -0.1) is 0 Å². The van der Waals surface area contributed by atoms with Crippen LogP contribution in [-0.4, -0.2) is 16.4 Å². The molecule has 1 heterocycles. The van der Waals surface area contributed by atoms with Crippen LogP contribution in [0.4, 0.5) is 0 Å². The topological polar surface area (TPSA) is 53.1 Å². The Hall–Kier alpha value is -1.33. The van der Waals surface area contributed by atoms with Crippen molar-refractivity contribution in [1.82, 2.24) is 9.78 Å². The number of aryl methyl sites for hydroxylation is 1. The minimum absolute atomic E-state index is 0.264. The van der Waals surface area contributed by atoms with Crippen LogP contribution < -0.4 is 10.5 Å². The maximum atomic E-state index is 6.40. The first-order chi connectivity index (χ1) is 9.19. The van der Waals surface area contributed by atoms with E-state index in [0.29, 0.717) is 6.61 Å². The Morgan fingerprint density at radius 2 is 2.11 bits per heavy atom. The van der Waals surface area contributed by atoms with Crippen molar-refractivity contribution in [1.29, 1.82) is 0 Å². The van der Waals surface area contributed by atoms with E-state index in [0.717, 1.165) is 28.0 Å². The average molecular weight is 324 g/mol. The second-order valence-corrected chi connectivity index (χ2v) is 5.00. The summed E-state index contributed by atoms with van der Waals surface area (Å²) >= 11 is 3.52. The monoisotopic (exact) mass is 323 g/mol. The molecule has 1 unspecified atom stereocenters. The zero-order valence-corrected chi connectivity index (χ0v) is 12.7. The van der Waals surface area contributed by atoms with Crippen molar-refractivity contribution in [3.8, 4) is 5.75 Å². The zero-order valence-electron chi connectivity index (χ0n) is 11.1. The van der Waals surface area contributed by atoms with Gasteiger partial charge in [-0.3, -0.25) is 4.68 Å². The van der Waals surface area contributed by atoms with Crippen molar-refractivity contribution in [3.63, 3.8) is 0 Å². The van der Waals surface area contributed by atoms with Crippen molar-refractivity contribution in [2.75, 3.05) is 6.61 Å². The van der Waals surface area contributed by atoms with Crippen molar-refractivity contribution < 1.29 is 4.74 Å². The molecule has 0 fully saturated rings. The molecule has 102 valence electrons. The molecule has 1 aromatic heterocycles. The average Bonchev–Trinajstić information content (AvgIpc) is 2.80. The van der Waals surface area contributed by atoms with Crippen molar-refractivity contribution >= 4 is 15.9 Å². The molecular weight excluding hydrogens is 306 g/mol. The lowest BCUT2D eigenvalue weighted by Gasteiger charge is -2.18. The van der Waals surface area contributed by atoms with Crippen LogP contribution in [0.25, 0.3) is 0 Å². The van der Waals surface area contributed by atoms with Crippen LogP contribution in [0.3, 0.4) is 0 Å². The summed E-state index contributed by atoms with van der Waals surface area (Å²) in [5, 5.41) is 4.31. The Morgan fingerprint density at radius 3 is 2.79 bits per heavy atom. The first kappa shape index (κ1) is 14.1. The summed E-state index contributed by atoms with van der Waals surface area (Å²) in [5.41, 5.74) is 8.34. The summed E-state index contributed by atoms with van der Waals surface area (Å²) in [5.74, 6) is 0.827. The summed E-state index contributed by atoms with van der Waals surface area (Å²) in [4.78, 5) is 0. The molecule has 0 bridgehead atoms. The molecule has 19 heavy (non-hydrogen) atoms. The van der Waals surface area contributed by atoms with Gasteiger partial charge < -0.3 is 10.5 Å². The number of aromatic nitrogens is 2. The fourth-order valence-corrected chi connectivity index (χ4v) is 2.65. The van der Waals surface area contributed by atoms with Crippen molar-refractivity contribution in [2.24, 2.45) is 5.73 Å². The molecule has 2 N–H and O–H groups in total. The van der Waals surface area contributed by atoms with Crippen LogP contribution in [0.2, 0.25) is 0 Å². The van der Waals surface area contributed by atoms with Crippen LogP contribution in [0, 0.1) is 0 Å². The fraction of sp³-hybridized carbons (Fsp3) is 0.357. The minimum Gasteiger partial charge on any atom is -0.494 e. The number of nitrogens with zero attached hydrogens (tertiary/aromatic N) is 2. The van der Waals surface area contributed by atoms with E-state index in [9.17, 15) is 0 Å². The van der Waals surface area contributed by atoms with E-state index in [1.54, 1.807) is 6.20 Å². The molecule has 0 amide bonds. The number of hydrogen-bond acceptors (Lipinski definition) is 3. The third kappa shape index (κ3) is 2.82. The Bertz CT molecular complexity index is 553. The molecule has 2 rings (SSSR count). The largest absolute Gasteiger partial charge is 0.494 e. The number of nitrogens with two attached hydrogens (primary N) is 1. The molecule has 0 saturated heterocycles. The molecule has 0 spiro atoms. The van der Waals surface area contributed by atoms with E-state index in [-0.39, 0.29) is 6.04 Å². The molecule has 0 radical (unpaired) electrons. The smallest absolute Gasteiger partial charge is 0.124 e. The first-order valence-corrected chi connectivity index (χ1v) is 7.16. The summed E-state index contributed by atoms with van der Waals surface area (Å²) in [6, 6.07) is 7.60. The Balaban J connectivity index is 2.43. The SMILES string of the molecule is CCOc1ccccc1C(N)c1c(Br)cnn1CC. The second kappa shape index (κ2) is 6.21. The van der Waals surface area contributed by atoms with Crippen LogP contribution in [0.1, 0.15) is 31.1 Å². The van der Waals surface area contributed by atoms with Gasteiger partial charge >= 0.3 is 0 Å². The van der Waals surface area contributed by atoms with Crippen LogP contribution in [0.5, 0.6) is 5.75 Å². The van der Waals surface area contributed by atoms with Gasteiger partial charge in [0.2, 0.25) is 0 Å². The fourth-order valence-electron chi connectivity index (χ4n) is 2.10. The second-order valence-electron chi connectivity index (χ2n) is 4.14.